The number of anilines is 1. The van der Waals surface area contributed by atoms with E-state index >= 15 is 0 Å². The van der Waals surface area contributed by atoms with Crippen LogP contribution >= 0.6 is 0 Å². The molecular weight excluding hydrogens is 553 g/mol. The van der Waals surface area contributed by atoms with Gasteiger partial charge in [0.05, 0.1) is 11.9 Å². The van der Waals surface area contributed by atoms with Crippen LogP contribution in [0.5, 0.6) is 0 Å². The number of hydrogen-bond acceptors (Lipinski definition) is 4. The third-order valence-corrected chi connectivity index (χ3v) is 7.91. The van der Waals surface area contributed by atoms with Crippen LogP contribution in [0.15, 0.2) is 97.1 Å². The molecule has 0 aliphatic heterocycles. The van der Waals surface area contributed by atoms with Gasteiger partial charge >= 0.3 is 0 Å². The highest BCUT2D eigenvalue weighted by molar-refractivity contribution is 7.92. The molecular formula is C33H36FN3O4S. The summed E-state index contributed by atoms with van der Waals surface area (Å²) in [6.45, 7) is 4.70. The van der Waals surface area contributed by atoms with E-state index in [9.17, 15) is 22.4 Å². The Hall–Kier alpha value is -4.24. The van der Waals surface area contributed by atoms with Crippen molar-refractivity contribution in [3.05, 3.63) is 114 Å². The van der Waals surface area contributed by atoms with E-state index in [1.165, 1.54) is 11.0 Å². The lowest BCUT2D eigenvalue weighted by atomic mass is 10.0. The minimum Gasteiger partial charge on any atom is -0.350 e. The third-order valence-electron chi connectivity index (χ3n) is 6.78. The molecule has 0 saturated heterocycles. The van der Waals surface area contributed by atoms with Crippen molar-refractivity contribution in [2.75, 3.05) is 17.1 Å². The van der Waals surface area contributed by atoms with Gasteiger partial charge in [-0.1, -0.05) is 84.9 Å². The van der Waals surface area contributed by atoms with E-state index < -0.39 is 45.8 Å². The van der Waals surface area contributed by atoms with Crippen molar-refractivity contribution in [1.29, 1.82) is 0 Å². The van der Waals surface area contributed by atoms with Gasteiger partial charge in [-0.05, 0) is 43.9 Å². The van der Waals surface area contributed by atoms with E-state index in [0.717, 1.165) is 21.5 Å². The summed E-state index contributed by atoms with van der Waals surface area (Å²) in [4.78, 5) is 29.3. The van der Waals surface area contributed by atoms with Gasteiger partial charge in [0.1, 0.15) is 18.4 Å². The number of benzene rings is 4. The number of hydrogen-bond donors (Lipinski definition) is 1. The Labute approximate surface area is 247 Å². The maximum Gasteiger partial charge on any atom is 0.244 e. The number of carbonyl (C=O) groups is 2. The van der Waals surface area contributed by atoms with Gasteiger partial charge < -0.3 is 10.2 Å². The number of fused-ring (bicyclic) bond motifs is 1. The van der Waals surface area contributed by atoms with Crippen LogP contribution in [0.1, 0.15) is 31.9 Å². The Kier molecular flexibility index (Phi) is 9.31. The van der Waals surface area contributed by atoms with Crippen molar-refractivity contribution in [3.63, 3.8) is 0 Å². The fraction of sp³-hybridized carbons (Fsp3) is 0.273. The summed E-state index contributed by atoms with van der Waals surface area (Å²) in [5, 5.41) is 4.42. The second-order valence-corrected chi connectivity index (χ2v) is 13.2. The zero-order valence-electron chi connectivity index (χ0n) is 24.2. The van der Waals surface area contributed by atoms with Crippen LogP contribution in [-0.4, -0.2) is 49.5 Å². The lowest BCUT2D eigenvalue weighted by Crippen LogP contribution is -2.56. The number of nitrogens with zero attached hydrogens (tertiary/aromatic N) is 2. The Balaban J connectivity index is 1.81. The predicted octanol–water partition coefficient (Wildman–Crippen LogP) is 5.30. The number of carbonyl (C=O) groups excluding carboxylic acids is 2. The summed E-state index contributed by atoms with van der Waals surface area (Å²) >= 11 is 0. The molecule has 0 aromatic heterocycles. The molecule has 7 nitrogen and oxygen atoms in total. The Morgan fingerprint density at radius 1 is 0.857 bits per heavy atom. The highest BCUT2D eigenvalue weighted by atomic mass is 32.2. The smallest absolute Gasteiger partial charge is 0.244 e. The van der Waals surface area contributed by atoms with E-state index in [2.05, 4.69) is 5.32 Å². The monoisotopic (exact) mass is 589 g/mol. The zero-order chi connectivity index (χ0) is 30.5. The molecule has 220 valence electrons. The minimum absolute atomic E-state index is 0.149. The molecule has 0 heterocycles. The highest BCUT2D eigenvalue weighted by Crippen LogP contribution is 2.29. The molecule has 42 heavy (non-hydrogen) atoms. The molecule has 1 N–H and O–H groups in total. The summed E-state index contributed by atoms with van der Waals surface area (Å²) in [5.74, 6) is -1.59. The summed E-state index contributed by atoms with van der Waals surface area (Å²) < 4.78 is 42.3. The molecule has 0 spiro atoms. The maximum atomic E-state index is 14.9. The molecule has 0 aliphatic rings. The predicted molar refractivity (Wildman–Crippen MR) is 165 cm³/mol. The van der Waals surface area contributed by atoms with Crippen molar-refractivity contribution < 1.29 is 22.4 Å². The molecule has 4 rings (SSSR count). The molecule has 0 saturated carbocycles. The first-order valence-electron chi connectivity index (χ1n) is 13.7. The summed E-state index contributed by atoms with van der Waals surface area (Å²) in [7, 11) is -3.94. The highest BCUT2D eigenvalue weighted by Gasteiger charge is 2.35. The first kappa shape index (κ1) is 30.7. The molecule has 0 aliphatic carbocycles. The van der Waals surface area contributed by atoms with Crippen molar-refractivity contribution in [3.8, 4) is 0 Å². The van der Waals surface area contributed by atoms with Crippen molar-refractivity contribution in [1.82, 2.24) is 10.2 Å². The molecule has 0 radical (unpaired) electrons. The van der Waals surface area contributed by atoms with E-state index in [4.69, 9.17) is 0 Å². The van der Waals surface area contributed by atoms with Crippen LogP contribution in [0.4, 0.5) is 10.1 Å². The van der Waals surface area contributed by atoms with Gasteiger partial charge in [-0.3, -0.25) is 13.9 Å². The number of nitrogens with one attached hydrogen (secondary N) is 1. The van der Waals surface area contributed by atoms with E-state index in [1.54, 1.807) is 42.5 Å². The van der Waals surface area contributed by atoms with E-state index in [-0.39, 0.29) is 18.5 Å². The van der Waals surface area contributed by atoms with Crippen molar-refractivity contribution >= 4 is 38.3 Å². The van der Waals surface area contributed by atoms with Crippen molar-refractivity contribution in [2.45, 2.75) is 45.3 Å². The molecule has 9 heteroatoms. The normalized spacial score (nSPS) is 12.5. The average molecular weight is 590 g/mol. The number of sulfonamides is 1. The Morgan fingerprint density at radius 2 is 1.48 bits per heavy atom. The van der Waals surface area contributed by atoms with Crippen LogP contribution in [0.2, 0.25) is 0 Å². The van der Waals surface area contributed by atoms with Crippen molar-refractivity contribution in [2.24, 2.45) is 0 Å². The zero-order valence-corrected chi connectivity index (χ0v) is 25.1. The summed E-state index contributed by atoms with van der Waals surface area (Å²) in [6, 6.07) is 26.7. The molecule has 0 unspecified atom stereocenters. The molecule has 2 amide bonds. The number of amides is 2. The number of rotatable bonds is 10. The van der Waals surface area contributed by atoms with Gasteiger partial charge in [-0.15, -0.1) is 0 Å². The first-order chi connectivity index (χ1) is 19.8. The third kappa shape index (κ3) is 7.73. The lowest BCUT2D eigenvalue weighted by molar-refractivity contribution is -0.140. The molecule has 0 bridgehead atoms. The fourth-order valence-electron chi connectivity index (χ4n) is 4.84. The van der Waals surface area contributed by atoms with Crippen LogP contribution in [0.3, 0.4) is 0 Å². The van der Waals surface area contributed by atoms with Crippen LogP contribution in [0, 0.1) is 5.82 Å². The van der Waals surface area contributed by atoms with E-state index in [1.807, 2.05) is 69.3 Å². The van der Waals surface area contributed by atoms with E-state index in [0.29, 0.717) is 11.1 Å². The van der Waals surface area contributed by atoms with Gasteiger partial charge in [0, 0.05) is 29.5 Å². The van der Waals surface area contributed by atoms with Gasteiger partial charge in [-0.25, -0.2) is 12.8 Å². The minimum atomic E-state index is -3.94. The van der Waals surface area contributed by atoms with Crippen LogP contribution in [0.25, 0.3) is 10.8 Å². The SMILES string of the molecule is CC(C)(C)NC(=O)[C@H](Cc1ccccc1)N(Cc1ccccc1F)C(=O)CN(c1cccc2ccccc12)S(C)(=O)=O. The molecule has 4 aromatic rings. The van der Waals surface area contributed by atoms with Gasteiger partial charge in [-0.2, -0.15) is 0 Å². The average Bonchev–Trinajstić information content (AvgIpc) is 2.93. The van der Waals surface area contributed by atoms with Gasteiger partial charge in [0.15, 0.2) is 0 Å². The van der Waals surface area contributed by atoms with Gasteiger partial charge in [0.2, 0.25) is 21.8 Å². The second kappa shape index (κ2) is 12.7. The second-order valence-electron chi connectivity index (χ2n) is 11.3. The fourth-order valence-corrected chi connectivity index (χ4v) is 5.70. The van der Waals surface area contributed by atoms with Gasteiger partial charge in [0.25, 0.3) is 0 Å². The maximum absolute atomic E-state index is 14.9. The largest absolute Gasteiger partial charge is 0.350 e. The summed E-state index contributed by atoms with van der Waals surface area (Å²) in [6.07, 6.45) is 1.19. The Morgan fingerprint density at radius 3 is 2.14 bits per heavy atom. The molecule has 4 aromatic carbocycles. The quantitative estimate of drug-likeness (QED) is 0.272. The molecule has 0 fully saturated rings. The standard InChI is InChI=1S/C33H36FN3O4S/c1-33(2,3)35-32(39)30(21-24-13-6-5-7-14-24)36(22-26-16-9-11-19-28(26)34)31(38)23-37(42(4,40)41)29-20-12-17-25-15-8-10-18-27(25)29/h5-20,30H,21-23H2,1-4H3,(H,35,39)/t30-/m0/s1. The first-order valence-corrected chi connectivity index (χ1v) is 15.5. The summed E-state index contributed by atoms with van der Waals surface area (Å²) in [5.41, 5.74) is 0.740. The van der Waals surface area contributed by atoms with Crippen LogP contribution < -0.4 is 9.62 Å². The Bertz CT molecular complexity index is 1660. The van der Waals surface area contributed by atoms with Crippen LogP contribution in [-0.2, 0) is 32.6 Å². The molecule has 1 atom stereocenters. The topological polar surface area (TPSA) is 86.8 Å². The lowest BCUT2D eigenvalue weighted by Gasteiger charge is -2.35. The number of halogens is 1.